The van der Waals surface area contributed by atoms with Crippen LogP contribution < -0.4 is 4.90 Å². The van der Waals surface area contributed by atoms with Gasteiger partial charge in [-0.15, -0.1) is 0 Å². The van der Waals surface area contributed by atoms with Gasteiger partial charge < -0.3 is 10.0 Å². The van der Waals surface area contributed by atoms with Crippen LogP contribution in [-0.4, -0.2) is 29.1 Å². The van der Waals surface area contributed by atoms with Gasteiger partial charge in [0.2, 0.25) is 0 Å². The number of piperidine rings is 1. The normalized spacial score (nSPS) is 20.3. The first-order valence-corrected chi connectivity index (χ1v) is 4.85. The Morgan fingerprint density at radius 1 is 1.27 bits per heavy atom. The Balaban J connectivity index is 2.04. The Kier molecular flexibility index (Phi) is 2.46. The van der Waals surface area contributed by atoms with Crippen molar-refractivity contribution in [3.63, 3.8) is 0 Å². The number of pyridine rings is 1. The largest absolute Gasteiger partial charge is 0.506 e. The SMILES string of the molecule is Oc1ccc(N2CCC(F)(F)CC2)nc1. The molecule has 0 atom stereocenters. The molecule has 0 amide bonds. The predicted octanol–water partition coefficient (Wildman–Crippen LogP) is 2.02. The third-order valence-electron chi connectivity index (χ3n) is 2.55. The number of aromatic nitrogens is 1. The lowest BCUT2D eigenvalue weighted by Crippen LogP contribution is -2.39. The van der Waals surface area contributed by atoms with Gasteiger partial charge >= 0.3 is 0 Å². The van der Waals surface area contributed by atoms with Gasteiger partial charge in [0.25, 0.3) is 5.92 Å². The van der Waals surface area contributed by atoms with Gasteiger partial charge in [0.15, 0.2) is 0 Å². The van der Waals surface area contributed by atoms with Gasteiger partial charge in [-0.2, -0.15) is 0 Å². The van der Waals surface area contributed by atoms with Crippen LogP contribution in [0.25, 0.3) is 0 Å². The van der Waals surface area contributed by atoms with E-state index in [1.807, 2.05) is 0 Å². The zero-order valence-corrected chi connectivity index (χ0v) is 8.16. The molecule has 1 aromatic heterocycles. The van der Waals surface area contributed by atoms with Crippen molar-refractivity contribution in [2.75, 3.05) is 18.0 Å². The van der Waals surface area contributed by atoms with E-state index in [9.17, 15) is 8.78 Å². The van der Waals surface area contributed by atoms with Gasteiger partial charge in [0.1, 0.15) is 11.6 Å². The van der Waals surface area contributed by atoms with Crippen molar-refractivity contribution in [3.8, 4) is 5.75 Å². The number of hydrogen-bond donors (Lipinski definition) is 1. The summed E-state index contributed by atoms with van der Waals surface area (Å²) in [5.41, 5.74) is 0. The van der Waals surface area contributed by atoms with Crippen molar-refractivity contribution in [1.29, 1.82) is 0 Å². The molecular formula is C10H12F2N2O. The van der Waals surface area contributed by atoms with Crippen molar-refractivity contribution in [1.82, 2.24) is 4.98 Å². The van der Waals surface area contributed by atoms with Crippen LogP contribution >= 0.6 is 0 Å². The molecule has 0 bridgehead atoms. The smallest absolute Gasteiger partial charge is 0.251 e. The molecule has 0 aromatic carbocycles. The number of hydrogen-bond acceptors (Lipinski definition) is 3. The Labute approximate surface area is 86.4 Å². The average Bonchev–Trinajstić information content (AvgIpc) is 2.20. The highest BCUT2D eigenvalue weighted by Crippen LogP contribution is 2.29. The van der Waals surface area contributed by atoms with Crippen molar-refractivity contribution >= 4 is 5.82 Å². The lowest BCUT2D eigenvalue weighted by molar-refractivity contribution is -0.0221. The summed E-state index contributed by atoms with van der Waals surface area (Å²) in [6, 6.07) is 3.15. The standard InChI is InChI=1S/C10H12F2N2O/c11-10(12)3-5-14(6-4-10)9-2-1-8(15)7-13-9/h1-2,7,15H,3-6H2. The molecule has 1 saturated heterocycles. The van der Waals surface area contributed by atoms with Crippen molar-refractivity contribution < 1.29 is 13.9 Å². The van der Waals surface area contributed by atoms with Crippen LogP contribution in [0.15, 0.2) is 18.3 Å². The van der Waals surface area contributed by atoms with Crippen LogP contribution in [0.2, 0.25) is 0 Å². The summed E-state index contributed by atoms with van der Waals surface area (Å²) < 4.78 is 25.7. The zero-order valence-electron chi connectivity index (χ0n) is 8.16. The van der Waals surface area contributed by atoms with E-state index in [-0.39, 0.29) is 18.6 Å². The van der Waals surface area contributed by atoms with Crippen LogP contribution in [0, 0.1) is 0 Å². The number of rotatable bonds is 1. The Morgan fingerprint density at radius 3 is 2.47 bits per heavy atom. The monoisotopic (exact) mass is 214 g/mol. The Hall–Kier alpha value is -1.39. The van der Waals surface area contributed by atoms with Gasteiger partial charge in [-0.25, -0.2) is 13.8 Å². The highest BCUT2D eigenvalue weighted by Gasteiger charge is 2.34. The van der Waals surface area contributed by atoms with E-state index in [4.69, 9.17) is 5.11 Å². The summed E-state index contributed by atoms with van der Waals surface area (Å²) in [6.07, 6.45) is 1.06. The van der Waals surface area contributed by atoms with Crippen molar-refractivity contribution in [2.24, 2.45) is 0 Å². The van der Waals surface area contributed by atoms with Crippen molar-refractivity contribution in [3.05, 3.63) is 18.3 Å². The van der Waals surface area contributed by atoms with Gasteiger partial charge in [-0.05, 0) is 12.1 Å². The zero-order chi connectivity index (χ0) is 10.9. The highest BCUT2D eigenvalue weighted by molar-refractivity contribution is 5.40. The van der Waals surface area contributed by atoms with E-state index in [1.54, 1.807) is 11.0 Å². The van der Waals surface area contributed by atoms with Gasteiger partial charge in [0.05, 0.1) is 6.20 Å². The van der Waals surface area contributed by atoms with E-state index < -0.39 is 5.92 Å². The number of aromatic hydroxyl groups is 1. The Morgan fingerprint density at radius 2 is 1.93 bits per heavy atom. The summed E-state index contributed by atoms with van der Waals surface area (Å²) in [6.45, 7) is 0.621. The second-order valence-corrected chi connectivity index (χ2v) is 3.72. The average molecular weight is 214 g/mol. The van der Waals surface area contributed by atoms with E-state index in [1.165, 1.54) is 12.3 Å². The molecule has 1 aliphatic heterocycles. The summed E-state index contributed by atoms with van der Waals surface area (Å²) in [4.78, 5) is 5.78. The fraction of sp³-hybridized carbons (Fsp3) is 0.500. The van der Waals surface area contributed by atoms with E-state index in [0.717, 1.165) is 0 Å². The molecule has 2 rings (SSSR count). The van der Waals surface area contributed by atoms with E-state index in [2.05, 4.69) is 4.98 Å². The van der Waals surface area contributed by atoms with Crippen LogP contribution in [0.3, 0.4) is 0 Å². The summed E-state index contributed by atoms with van der Waals surface area (Å²) in [7, 11) is 0. The third kappa shape index (κ3) is 2.34. The van der Waals surface area contributed by atoms with Gasteiger partial charge in [-0.3, -0.25) is 0 Å². The first-order chi connectivity index (χ1) is 7.07. The summed E-state index contributed by atoms with van der Waals surface area (Å²) in [5.74, 6) is -1.81. The molecule has 0 aliphatic carbocycles. The van der Waals surface area contributed by atoms with Crippen LogP contribution in [0.1, 0.15) is 12.8 Å². The maximum Gasteiger partial charge on any atom is 0.251 e. The number of nitrogens with zero attached hydrogens (tertiary/aromatic N) is 2. The molecule has 0 saturated carbocycles. The molecular weight excluding hydrogens is 202 g/mol. The van der Waals surface area contributed by atoms with Gasteiger partial charge in [-0.1, -0.05) is 0 Å². The molecule has 3 nitrogen and oxygen atoms in total. The fourth-order valence-electron chi connectivity index (χ4n) is 1.63. The minimum Gasteiger partial charge on any atom is -0.506 e. The molecule has 1 fully saturated rings. The van der Waals surface area contributed by atoms with Gasteiger partial charge in [0, 0.05) is 25.9 Å². The molecule has 1 aromatic rings. The minimum atomic E-state index is -2.53. The summed E-state index contributed by atoms with van der Waals surface area (Å²) >= 11 is 0. The van der Waals surface area contributed by atoms with Crippen LogP contribution in [0.5, 0.6) is 5.75 Å². The molecule has 0 spiro atoms. The maximum atomic E-state index is 12.9. The first kappa shape index (κ1) is 10.1. The number of anilines is 1. The van der Waals surface area contributed by atoms with E-state index in [0.29, 0.717) is 18.9 Å². The third-order valence-corrected chi connectivity index (χ3v) is 2.55. The van der Waals surface area contributed by atoms with Crippen molar-refractivity contribution in [2.45, 2.75) is 18.8 Å². The second-order valence-electron chi connectivity index (χ2n) is 3.72. The first-order valence-electron chi connectivity index (χ1n) is 4.85. The second kappa shape index (κ2) is 3.64. The topological polar surface area (TPSA) is 36.4 Å². The molecule has 0 unspecified atom stereocenters. The molecule has 15 heavy (non-hydrogen) atoms. The molecule has 82 valence electrons. The minimum absolute atomic E-state index is 0.0843. The van der Waals surface area contributed by atoms with Crippen LogP contribution in [-0.2, 0) is 0 Å². The number of alkyl halides is 2. The molecule has 0 radical (unpaired) electrons. The van der Waals surface area contributed by atoms with Crippen LogP contribution in [0.4, 0.5) is 14.6 Å². The Bertz CT molecular complexity index is 330. The lowest BCUT2D eigenvalue weighted by atomic mass is 10.1. The predicted molar refractivity (Wildman–Crippen MR) is 52.3 cm³/mol. The number of halogens is 2. The molecule has 5 heteroatoms. The highest BCUT2D eigenvalue weighted by atomic mass is 19.3. The maximum absolute atomic E-state index is 12.9. The lowest BCUT2D eigenvalue weighted by Gasteiger charge is -2.32. The quantitative estimate of drug-likeness (QED) is 0.777. The molecule has 1 aliphatic rings. The molecule has 1 N–H and O–H groups in total. The summed E-state index contributed by atoms with van der Waals surface area (Å²) in [5, 5.41) is 9.04. The molecule has 2 heterocycles. The fourth-order valence-corrected chi connectivity index (χ4v) is 1.63. The van der Waals surface area contributed by atoms with E-state index >= 15 is 0 Å².